The van der Waals surface area contributed by atoms with Gasteiger partial charge < -0.3 is 4.90 Å². The smallest absolute Gasteiger partial charge is 0.240 e. The Morgan fingerprint density at radius 3 is 2.54 bits per heavy atom. The van der Waals surface area contributed by atoms with E-state index in [-0.39, 0.29) is 0 Å². The van der Waals surface area contributed by atoms with Crippen LogP contribution >= 0.6 is 0 Å². The number of likely N-dealkylation sites (tertiary alicyclic amines) is 1. The van der Waals surface area contributed by atoms with E-state index in [1.54, 1.807) is 12.1 Å². The molecule has 1 saturated heterocycles. The Hall–Kier alpha value is -1.69. The predicted molar refractivity (Wildman–Crippen MR) is 106 cm³/mol. The minimum Gasteiger partial charge on any atom is -0.303 e. The summed E-state index contributed by atoms with van der Waals surface area (Å²) in [7, 11) is -3.42. The Balaban J connectivity index is 1.49. The van der Waals surface area contributed by atoms with Crippen LogP contribution in [0.15, 0.2) is 59.5 Å². The zero-order valence-electron chi connectivity index (χ0n) is 15.4. The maximum absolute atomic E-state index is 12.5. The van der Waals surface area contributed by atoms with Crippen LogP contribution in [-0.2, 0) is 16.4 Å². The number of aryl methyl sites for hydroxylation is 1. The van der Waals surface area contributed by atoms with Crippen LogP contribution in [0.5, 0.6) is 0 Å². The molecule has 5 heteroatoms. The number of rotatable bonds is 7. The molecule has 1 aliphatic heterocycles. The summed E-state index contributed by atoms with van der Waals surface area (Å²) in [4.78, 5) is 2.81. The number of sulfonamides is 1. The van der Waals surface area contributed by atoms with Gasteiger partial charge >= 0.3 is 0 Å². The third kappa shape index (κ3) is 5.40. The van der Waals surface area contributed by atoms with Gasteiger partial charge in [-0.1, -0.05) is 48.0 Å². The summed E-state index contributed by atoms with van der Waals surface area (Å²) in [5.41, 5.74) is 2.42. The molecule has 1 aliphatic rings. The molecule has 1 unspecified atom stereocenters. The normalized spacial score (nSPS) is 18.7. The fourth-order valence-electron chi connectivity index (χ4n) is 3.48. The Morgan fingerprint density at radius 2 is 1.81 bits per heavy atom. The highest BCUT2D eigenvalue weighted by Crippen LogP contribution is 2.18. The average molecular weight is 373 g/mol. The molecule has 1 N–H and O–H groups in total. The van der Waals surface area contributed by atoms with Crippen LogP contribution in [0.2, 0.25) is 0 Å². The van der Waals surface area contributed by atoms with E-state index in [0.717, 1.165) is 44.5 Å². The summed E-state index contributed by atoms with van der Waals surface area (Å²) < 4.78 is 27.7. The van der Waals surface area contributed by atoms with Crippen LogP contribution in [0.1, 0.15) is 24.0 Å². The summed E-state index contributed by atoms with van der Waals surface area (Å²) in [6.07, 6.45) is 3.26. The molecule has 4 nitrogen and oxygen atoms in total. The molecule has 1 fully saturated rings. The van der Waals surface area contributed by atoms with Crippen molar-refractivity contribution in [3.63, 3.8) is 0 Å². The molecule has 1 atom stereocenters. The molecule has 0 radical (unpaired) electrons. The van der Waals surface area contributed by atoms with Gasteiger partial charge in [0.05, 0.1) is 4.90 Å². The minimum absolute atomic E-state index is 0.347. The summed E-state index contributed by atoms with van der Waals surface area (Å²) in [6, 6.07) is 17.5. The average Bonchev–Trinajstić information content (AvgIpc) is 2.66. The van der Waals surface area contributed by atoms with Crippen molar-refractivity contribution in [1.29, 1.82) is 0 Å². The molecule has 0 bridgehead atoms. The third-order valence-corrected chi connectivity index (χ3v) is 6.50. The number of nitrogens with zero attached hydrogens (tertiary/aromatic N) is 1. The molecular weight excluding hydrogens is 344 g/mol. The maximum Gasteiger partial charge on any atom is 0.240 e. The van der Waals surface area contributed by atoms with Gasteiger partial charge in [0, 0.05) is 19.6 Å². The number of piperidine rings is 1. The number of hydrogen-bond donors (Lipinski definition) is 1. The standard InChI is InChI=1S/C21H28N2O2S/c1-18-9-11-21(12-10-18)26(24,25)22-16-20-8-5-14-23(17-20)15-13-19-6-3-2-4-7-19/h2-4,6-7,9-12,20,22H,5,8,13-17H2,1H3. The quantitative estimate of drug-likeness (QED) is 0.812. The lowest BCUT2D eigenvalue weighted by molar-refractivity contribution is 0.178. The Kier molecular flexibility index (Phi) is 6.46. The molecule has 2 aromatic carbocycles. The van der Waals surface area contributed by atoms with Gasteiger partial charge in [-0.15, -0.1) is 0 Å². The lowest BCUT2D eigenvalue weighted by Gasteiger charge is -2.32. The van der Waals surface area contributed by atoms with Crippen LogP contribution in [0.4, 0.5) is 0 Å². The Bertz CT molecular complexity index is 789. The fraction of sp³-hybridized carbons (Fsp3) is 0.429. The fourth-order valence-corrected chi connectivity index (χ4v) is 4.60. The second-order valence-corrected chi connectivity index (χ2v) is 8.98. The first-order chi connectivity index (χ1) is 12.5. The van der Waals surface area contributed by atoms with Gasteiger partial charge in [0.25, 0.3) is 0 Å². The van der Waals surface area contributed by atoms with Crippen LogP contribution in [0, 0.1) is 12.8 Å². The molecule has 0 spiro atoms. The van der Waals surface area contributed by atoms with E-state index in [4.69, 9.17) is 0 Å². The summed E-state index contributed by atoms with van der Waals surface area (Å²) in [6.45, 7) is 5.57. The van der Waals surface area contributed by atoms with Gasteiger partial charge in [-0.25, -0.2) is 13.1 Å². The molecule has 1 heterocycles. The second kappa shape index (κ2) is 8.80. The van der Waals surface area contributed by atoms with E-state index < -0.39 is 10.0 Å². The topological polar surface area (TPSA) is 49.4 Å². The van der Waals surface area contributed by atoms with Crippen molar-refractivity contribution in [3.8, 4) is 0 Å². The Morgan fingerprint density at radius 1 is 1.08 bits per heavy atom. The summed E-state index contributed by atoms with van der Waals surface area (Å²) >= 11 is 0. The first-order valence-corrected chi connectivity index (χ1v) is 10.8. The van der Waals surface area contributed by atoms with E-state index in [1.807, 2.05) is 25.1 Å². The lowest BCUT2D eigenvalue weighted by atomic mass is 9.98. The van der Waals surface area contributed by atoms with Gasteiger partial charge in [-0.2, -0.15) is 0 Å². The van der Waals surface area contributed by atoms with Crippen molar-refractivity contribution in [2.45, 2.75) is 31.1 Å². The molecule has 0 aliphatic carbocycles. The van der Waals surface area contributed by atoms with E-state index in [9.17, 15) is 8.42 Å². The molecule has 3 rings (SSSR count). The van der Waals surface area contributed by atoms with Crippen LogP contribution in [0.3, 0.4) is 0 Å². The molecular formula is C21H28N2O2S. The highest BCUT2D eigenvalue weighted by Gasteiger charge is 2.22. The molecule has 140 valence electrons. The van der Waals surface area contributed by atoms with E-state index in [2.05, 4.69) is 33.9 Å². The number of nitrogens with one attached hydrogen (secondary N) is 1. The Labute approximate surface area is 157 Å². The van der Waals surface area contributed by atoms with Gasteiger partial charge in [-0.05, 0) is 56.3 Å². The van der Waals surface area contributed by atoms with Crippen molar-refractivity contribution >= 4 is 10.0 Å². The highest BCUT2D eigenvalue weighted by atomic mass is 32.2. The molecule has 0 amide bonds. The first-order valence-electron chi connectivity index (χ1n) is 9.35. The van der Waals surface area contributed by atoms with Crippen molar-refractivity contribution < 1.29 is 8.42 Å². The van der Waals surface area contributed by atoms with Gasteiger partial charge in [-0.3, -0.25) is 0 Å². The largest absolute Gasteiger partial charge is 0.303 e. The molecule has 0 saturated carbocycles. The monoisotopic (exact) mass is 372 g/mol. The lowest BCUT2D eigenvalue weighted by Crippen LogP contribution is -2.41. The SMILES string of the molecule is Cc1ccc(S(=O)(=O)NCC2CCCN(CCc3ccccc3)C2)cc1. The predicted octanol–water partition coefficient (Wildman–Crippen LogP) is 3.23. The van der Waals surface area contributed by atoms with Crippen LogP contribution in [0.25, 0.3) is 0 Å². The summed E-state index contributed by atoms with van der Waals surface area (Å²) in [5, 5.41) is 0. The minimum atomic E-state index is -3.42. The first kappa shape index (κ1) is 19.1. The van der Waals surface area contributed by atoms with Gasteiger partial charge in [0.2, 0.25) is 10.0 Å². The van der Waals surface area contributed by atoms with Crippen LogP contribution < -0.4 is 4.72 Å². The molecule has 2 aromatic rings. The summed E-state index contributed by atoms with van der Waals surface area (Å²) in [5.74, 6) is 0.375. The maximum atomic E-state index is 12.5. The van der Waals surface area contributed by atoms with E-state index in [1.165, 1.54) is 5.56 Å². The highest BCUT2D eigenvalue weighted by molar-refractivity contribution is 7.89. The molecule has 0 aromatic heterocycles. The van der Waals surface area contributed by atoms with Crippen molar-refractivity contribution in [1.82, 2.24) is 9.62 Å². The van der Waals surface area contributed by atoms with Gasteiger partial charge in [0.15, 0.2) is 0 Å². The van der Waals surface area contributed by atoms with E-state index in [0.29, 0.717) is 17.4 Å². The van der Waals surface area contributed by atoms with Crippen molar-refractivity contribution in [3.05, 3.63) is 65.7 Å². The zero-order chi connectivity index (χ0) is 18.4. The van der Waals surface area contributed by atoms with Crippen LogP contribution in [-0.4, -0.2) is 39.5 Å². The zero-order valence-corrected chi connectivity index (χ0v) is 16.2. The van der Waals surface area contributed by atoms with Crippen molar-refractivity contribution in [2.75, 3.05) is 26.2 Å². The third-order valence-electron chi connectivity index (χ3n) is 5.06. The van der Waals surface area contributed by atoms with E-state index >= 15 is 0 Å². The second-order valence-electron chi connectivity index (χ2n) is 7.21. The number of hydrogen-bond acceptors (Lipinski definition) is 3. The molecule has 26 heavy (non-hydrogen) atoms. The van der Waals surface area contributed by atoms with Gasteiger partial charge in [0.1, 0.15) is 0 Å². The van der Waals surface area contributed by atoms with Crippen molar-refractivity contribution in [2.24, 2.45) is 5.92 Å². The number of benzene rings is 2.